The third kappa shape index (κ3) is 5.80. The van der Waals surface area contributed by atoms with Crippen molar-refractivity contribution in [3.8, 4) is 0 Å². The highest BCUT2D eigenvalue weighted by Gasteiger charge is 2.41. The summed E-state index contributed by atoms with van der Waals surface area (Å²) in [4.78, 5) is 4.56. The highest BCUT2D eigenvalue weighted by atomic mass is 127. The molecule has 0 saturated carbocycles. The van der Waals surface area contributed by atoms with E-state index in [1.54, 1.807) is 19.2 Å². The molecular weight excluding hydrogens is 491 g/mol. The first-order valence-electron chi connectivity index (χ1n) is 9.42. The van der Waals surface area contributed by atoms with Gasteiger partial charge >= 0.3 is 0 Å². The van der Waals surface area contributed by atoms with E-state index in [0.717, 1.165) is 19.3 Å². The first-order valence-corrected chi connectivity index (χ1v) is 10.9. The molecule has 1 aromatic carbocycles. The fourth-order valence-corrected chi connectivity index (χ4v) is 5.37. The van der Waals surface area contributed by atoms with Crippen LogP contribution in [0.1, 0.15) is 45.6 Å². The molecule has 3 unspecified atom stereocenters. The largest absolute Gasteiger partial charge is 0.373 e. The zero-order chi connectivity index (χ0) is 19.7. The van der Waals surface area contributed by atoms with Crippen LogP contribution in [0, 0.1) is 0 Å². The third-order valence-corrected chi connectivity index (χ3v) is 6.66. The molecule has 0 radical (unpaired) electrons. The summed E-state index contributed by atoms with van der Waals surface area (Å²) in [6.45, 7) is 5.85. The summed E-state index contributed by atoms with van der Waals surface area (Å²) < 4.78 is 34.1. The van der Waals surface area contributed by atoms with E-state index in [2.05, 4.69) is 20.3 Å². The monoisotopic (exact) mass is 522 g/mol. The summed E-state index contributed by atoms with van der Waals surface area (Å²) in [5.41, 5.74) is 0.153. The van der Waals surface area contributed by atoms with Crippen molar-refractivity contribution < 1.29 is 13.2 Å². The SMILES string of the molecule is CN=C(NCc1ccccc1S(=O)(=O)NC(C)(C)C)NC1CC2CCC1O2.I. The minimum atomic E-state index is -3.60. The van der Waals surface area contributed by atoms with Gasteiger partial charge in [0.05, 0.1) is 23.1 Å². The topological polar surface area (TPSA) is 91.8 Å². The van der Waals surface area contributed by atoms with Gasteiger partial charge in [0.15, 0.2) is 5.96 Å². The summed E-state index contributed by atoms with van der Waals surface area (Å²) >= 11 is 0. The van der Waals surface area contributed by atoms with Gasteiger partial charge in [-0.3, -0.25) is 4.99 Å². The van der Waals surface area contributed by atoms with Crippen molar-refractivity contribution in [2.45, 2.75) is 75.3 Å². The van der Waals surface area contributed by atoms with Crippen LogP contribution in [0.4, 0.5) is 0 Å². The number of halogens is 1. The van der Waals surface area contributed by atoms with E-state index in [4.69, 9.17) is 4.74 Å². The van der Waals surface area contributed by atoms with Gasteiger partial charge in [0, 0.05) is 19.1 Å². The zero-order valence-corrected chi connectivity index (χ0v) is 20.0. The second kappa shape index (κ2) is 9.27. The third-order valence-electron chi connectivity index (χ3n) is 4.80. The normalized spacial score (nSPS) is 24.7. The molecule has 3 N–H and O–H groups in total. The predicted octanol–water partition coefficient (Wildman–Crippen LogP) is 2.37. The summed E-state index contributed by atoms with van der Waals surface area (Å²) in [5, 5.41) is 6.65. The number of hydrogen-bond donors (Lipinski definition) is 3. The molecular formula is C19H31IN4O3S. The Labute approximate surface area is 185 Å². The van der Waals surface area contributed by atoms with Crippen LogP contribution in [0.15, 0.2) is 34.2 Å². The van der Waals surface area contributed by atoms with Crippen LogP contribution in [0.3, 0.4) is 0 Å². The summed E-state index contributed by atoms with van der Waals surface area (Å²) in [5.74, 6) is 0.659. The molecule has 3 rings (SSSR count). The van der Waals surface area contributed by atoms with Gasteiger partial charge in [0.25, 0.3) is 0 Å². The second-order valence-electron chi connectivity index (χ2n) is 8.25. The maximum Gasteiger partial charge on any atom is 0.241 e. The van der Waals surface area contributed by atoms with Gasteiger partial charge in [0.1, 0.15) is 0 Å². The van der Waals surface area contributed by atoms with Crippen LogP contribution in [-0.4, -0.2) is 45.2 Å². The van der Waals surface area contributed by atoms with E-state index in [0.29, 0.717) is 24.2 Å². The maximum absolute atomic E-state index is 12.7. The molecule has 0 aromatic heterocycles. The molecule has 1 aromatic rings. The molecule has 2 aliphatic heterocycles. The fraction of sp³-hybridized carbons (Fsp3) is 0.632. The molecule has 2 heterocycles. The van der Waals surface area contributed by atoms with Crippen molar-refractivity contribution in [3.05, 3.63) is 29.8 Å². The first kappa shape index (κ1) is 23.4. The minimum Gasteiger partial charge on any atom is -0.373 e. The van der Waals surface area contributed by atoms with E-state index in [9.17, 15) is 8.42 Å². The zero-order valence-electron chi connectivity index (χ0n) is 16.9. The maximum atomic E-state index is 12.7. The fourth-order valence-electron chi connectivity index (χ4n) is 3.71. The van der Waals surface area contributed by atoms with Crippen molar-refractivity contribution in [2.75, 3.05) is 7.05 Å². The quantitative estimate of drug-likeness (QED) is 0.314. The predicted molar refractivity (Wildman–Crippen MR) is 122 cm³/mol. The molecule has 158 valence electrons. The number of fused-ring (bicyclic) bond motifs is 2. The Morgan fingerprint density at radius 2 is 1.96 bits per heavy atom. The Hall–Kier alpha value is -0.910. The molecule has 0 aliphatic carbocycles. The van der Waals surface area contributed by atoms with Gasteiger partial charge in [-0.25, -0.2) is 13.1 Å². The number of nitrogens with one attached hydrogen (secondary N) is 3. The second-order valence-corrected chi connectivity index (χ2v) is 9.90. The van der Waals surface area contributed by atoms with Crippen LogP contribution in [0.2, 0.25) is 0 Å². The van der Waals surface area contributed by atoms with Gasteiger partial charge < -0.3 is 15.4 Å². The number of guanidine groups is 1. The Morgan fingerprint density at radius 3 is 2.54 bits per heavy atom. The molecule has 28 heavy (non-hydrogen) atoms. The lowest BCUT2D eigenvalue weighted by atomic mass is 9.96. The van der Waals surface area contributed by atoms with E-state index in [-0.39, 0.29) is 41.0 Å². The number of hydrogen-bond acceptors (Lipinski definition) is 4. The number of rotatable bonds is 5. The molecule has 2 fully saturated rings. The number of benzene rings is 1. The molecule has 0 spiro atoms. The molecule has 2 saturated heterocycles. The number of sulfonamides is 1. The van der Waals surface area contributed by atoms with E-state index >= 15 is 0 Å². The lowest BCUT2D eigenvalue weighted by Gasteiger charge is -2.24. The molecule has 0 amide bonds. The summed E-state index contributed by atoms with van der Waals surface area (Å²) in [7, 11) is -1.89. The molecule has 2 aliphatic rings. The molecule has 2 bridgehead atoms. The smallest absolute Gasteiger partial charge is 0.241 e. The Bertz CT molecular complexity index is 808. The minimum absolute atomic E-state index is 0. The van der Waals surface area contributed by atoms with E-state index in [1.807, 2.05) is 32.9 Å². The van der Waals surface area contributed by atoms with Gasteiger partial charge in [-0.1, -0.05) is 18.2 Å². The van der Waals surface area contributed by atoms with Crippen molar-refractivity contribution >= 4 is 40.0 Å². The highest BCUT2D eigenvalue weighted by molar-refractivity contribution is 14.0. The molecule has 9 heteroatoms. The average Bonchev–Trinajstić information content (AvgIpc) is 3.19. The Balaban J connectivity index is 0.00000280. The van der Waals surface area contributed by atoms with Crippen LogP contribution in [0.25, 0.3) is 0 Å². The van der Waals surface area contributed by atoms with E-state index < -0.39 is 15.6 Å². The van der Waals surface area contributed by atoms with Crippen LogP contribution >= 0.6 is 24.0 Å². The van der Waals surface area contributed by atoms with Crippen LogP contribution in [-0.2, 0) is 21.3 Å². The number of nitrogens with zero attached hydrogens (tertiary/aromatic N) is 1. The van der Waals surface area contributed by atoms with Gasteiger partial charge in [0.2, 0.25) is 10.0 Å². The van der Waals surface area contributed by atoms with E-state index in [1.165, 1.54) is 0 Å². The molecule has 3 atom stereocenters. The number of aliphatic imine (C=N–C) groups is 1. The first-order chi connectivity index (χ1) is 12.7. The van der Waals surface area contributed by atoms with Crippen molar-refractivity contribution in [3.63, 3.8) is 0 Å². The number of ether oxygens (including phenoxy) is 1. The summed E-state index contributed by atoms with van der Waals surface area (Å²) in [6.07, 6.45) is 3.82. The standard InChI is InChI=1S/C19H30N4O3S.HI/c1-19(2,3)23-27(24,25)17-8-6-5-7-13(17)12-21-18(20-4)22-15-11-14-9-10-16(15)26-14;/h5-8,14-16,23H,9-12H2,1-4H3,(H2,20,21,22);1H. The molecule has 7 nitrogen and oxygen atoms in total. The van der Waals surface area contributed by atoms with Gasteiger partial charge in [-0.05, 0) is 51.7 Å². The van der Waals surface area contributed by atoms with Gasteiger partial charge in [-0.2, -0.15) is 0 Å². The average molecular weight is 522 g/mol. The highest BCUT2D eigenvalue weighted by Crippen LogP contribution is 2.34. The van der Waals surface area contributed by atoms with Crippen LogP contribution in [0.5, 0.6) is 0 Å². The Kier molecular flexibility index (Phi) is 7.74. The Morgan fingerprint density at radius 1 is 1.25 bits per heavy atom. The van der Waals surface area contributed by atoms with Crippen molar-refractivity contribution in [2.24, 2.45) is 4.99 Å². The van der Waals surface area contributed by atoms with Crippen molar-refractivity contribution in [1.29, 1.82) is 0 Å². The lowest BCUT2D eigenvalue weighted by molar-refractivity contribution is 0.0992. The van der Waals surface area contributed by atoms with Crippen molar-refractivity contribution in [1.82, 2.24) is 15.4 Å². The van der Waals surface area contributed by atoms with Crippen LogP contribution < -0.4 is 15.4 Å². The summed E-state index contributed by atoms with van der Waals surface area (Å²) in [6, 6.07) is 7.29. The lowest BCUT2D eigenvalue weighted by Crippen LogP contribution is -2.47. The van der Waals surface area contributed by atoms with Gasteiger partial charge in [-0.15, -0.1) is 24.0 Å².